The molecule has 0 N–H and O–H groups in total. The highest BCUT2D eigenvalue weighted by Gasteiger charge is 2.52. The summed E-state index contributed by atoms with van der Waals surface area (Å²) in [4.78, 5) is 15.5. The summed E-state index contributed by atoms with van der Waals surface area (Å²) in [6.45, 7) is 10.2. The first-order chi connectivity index (χ1) is 11.6. The minimum atomic E-state index is -0.704. The lowest BCUT2D eigenvalue weighted by molar-refractivity contribution is -0.134. The Kier molecular flexibility index (Phi) is 4.68. The van der Waals surface area contributed by atoms with Crippen molar-refractivity contribution in [1.82, 2.24) is 9.80 Å². The van der Waals surface area contributed by atoms with Gasteiger partial charge in [-0.1, -0.05) is 12.1 Å². The first kappa shape index (κ1) is 18.4. The smallest absolute Gasteiger partial charge is 0.399 e. The highest BCUT2D eigenvalue weighted by atomic mass is 19.1. The molecule has 2 saturated heterocycles. The zero-order valence-corrected chi connectivity index (χ0v) is 15.6. The van der Waals surface area contributed by atoms with Gasteiger partial charge in [-0.25, -0.2) is 4.39 Å². The summed E-state index contributed by atoms with van der Waals surface area (Å²) in [5, 5.41) is 0. The van der Waals surface area contributed by atoms with E-state index >= 15 is 0 Å². The van der Waals surface area contributed by atoms with Crippen LogP contribution in [0.3, 0.4) is 0 Å². The topological polar surface area (TPSA) is 42.0 Å². The average molecular weight is 348 g/mol. The van der Waals surface area contributed by atoms with Gasteiger partial charge in [0.2, 0.25) is 5.91 Å². The van der Waals surface area contributed by atoms with E-state index in [1.54, 1.807) is 18.0 Å². The number of piperazine rings is 1. The Bertz CT molecular complexity index is 664. The van der Waals surface area contributed by atoms with Gasteiger partial charge in [-0.15, -0.1) is 0 Å². The van der Waals surface area contributed by atoms with Gasteiger partial charge >= 0.3 is 7.12 Å². The largest absolute Gasteiger partial charge is 0.497 e. The molecule has 5 nitrogen and oxygen atoms in total. The van der Waals surface area contributed by atoms with Gasteiger partial charge in [0.05, 0.1) is 17.7 Å². The molecule has 2 aliphatic heterocycles. The lowest BCUT2D eigenvalue weighted by atomic mass is 9.78. The van der Waals surface area contributed by atoms with Crippen LogP contribution in [0.5, 0.6) is 0 Å². The summed E-state index contributed by atoms with van der Waals surface area (Å²) >= 11 is 0. The quantitative estimate of drug-likeness (QED) is 0.775. The van der Waals surface area contributed by atoms with Crippen molar-refractivity contribution >= 4 is 18.5 Å². The molecule has 3 rings (SSSR count). The molecule has 0 aliphatic carbocycles. The van der Waals surface area contributed by atoms with E-state index < -0.39 is 18.3 Å². The Morgan fingerprint density at radius 1 is 1.16 bits per heavy atom. The minimum Gasteiger partial charge on any atom is -0.399 e. The van der Waals surface area contributed by atoms with E-state index in [0.717, 1.165) is 12.1 Å². The lowest BCUT2D eigenvalue weighted by Crippen LogP contribution is -2.48. The number of hydrogen-bond donors (Lipinski definition) is 0. The Morgan fingerprint density at radius 2 is 1.80 bits per heavy atom. The van der Waals surface area contributed by atoms with Crippen LogP contribution >= 0.6 is 0 Å². The first-order valence-corrected chi connectivity index (χ1v) is 8.69. The highest BCUT2D eigenvalue weighted by Crippen LogP contribution is 2.36. The third-order valence-electron chi connectivity index (χ3n) is 5.51. The van der Waals surface area contributed by atoms with Crippen molar-refractivity contribution < 1.29 is 18.5 Å². The molecule has 7 heteroatoms. The van der Waals surface area contributed by atoms with Crippen LogP contribution in [0.25, 0.3) is 0 Å². The van der Waals surface area contributed by atoms with Gasteiger partial charge < -0.3 is 14.2 Å². The molecule has 1 aromatic carbocycles. The second kappa shape index (κ2) is 6.38. The molecule has 0 radical (unpaired) electrons. The fourth-order valence-electron chi connectivity index (χ4n) is 3.03. The van der Waals surface area contributed by atoms with Crippen LogP contribution in [0, 0.1) is 5.82 Å². The van der Waals surface area contributed by atoms with Crippen LogP contribution in [-0.2, 0) is 20.6 Å². The van der Waals surface area contributed by atoms with E-state index in [-0.39, 0.29) is 11.7 Å². The number of benzene rings is 1. The maximum atomic E-state index is 14.6. The predicted octanol–water partition coefficient (Wildman–Crippen LogP) is 1.40. The molecular weight excluding hydrogens is 322 g/mol. The number of carbonyl (C=O) groups is 1. The molecule has 136 valence electrons. The van der Waals surface area contributed by atoms with Crippen molar-refractivity contribution in [2.45, 2.75) is 45.4 Å². The van der Waals surface area contributed by atoms with Gasteiger partial charge in [-0.2, -0.15) is 0 Å². The summed E-state index contributed by atoms with van der Waals surface area (Å²) < 4.78 is 26.5. The van der Waals surface area contributed by atoms with Gasteiger partial charge in [-0.3, -0.25) is 9.69 Å². The zero-order valence-electron chi connectivity index (χ0n) is 15.6. The molecule has 2 fully saturated rings. The number of hydrogen-bond acceptors (Lipinski definition) is 4. The zero-order chi connectivity index (χ0) is 18.4. The Balaban J connectivity index is 1.71. The lowest BCUT2D eigenvalue weighted by Gasteiger charge is -2.32. The maximum absolute atomic E-state index is 14.6. The summed E-state index contributed by atoms with van der Waals surface area (Å²) in [6, 6.07) is 5.13. The standard InChI is InChI=1S/C18H26BFN2O3/c1-17(2)18(3,4)25-19(24-17)14-7-6-13(10-15(14)20)11-22-9-8-21(5)16(23)12-22/h6-7,10H,8-9,11-12H2,1-5H3. The van der Waals surface area contributed by atoms with Crippen molar-refractivity contribution in [3.8, 4) is 0 Å². The molecule has 1 aromatic rings. The summed E-state index contributed by atoms with van der Waals surface area (Å²) in [6.07, 6.45) is 0. The number of amides is 1. The molecule has 0 saturated carbocycles. The average Bonchev–Trinajstić information content (AvgIpc) is 2.71. The molecule has 2 heterocycles. The van der Waals surface area contributed by atoms with Crippen LogP contribution in [0.4, 0.5) is 4.39 Å². The summed E-state index contributed by atoms with van der Waals surface area (Å²) in [5.41, 5.74) is 0.262. The van der Waals surface area contributed by atoms with Gasteiger partial charge in [0.15, 0.2) is 0 Å². The Morgan fingerprint density at radius 3 is 2.36 bits per heavy atom. The number of halogens is 1. The van der Waals surface area contributed by atoms with E-state index in [1.807, 2.05) is 38.7 Å². The van der Waals surface area contributed by atoms with Crippen LogP contribution in [0.2, 0.25) is 0 Å². The van der Waals surface area contributed by atoms with E-state index in [4.69, 9.17) is 9.31 Å². The van der Waals surface area contributed by atoms with Crippen molar-refractivity contribution in [2.75, 3.05) is 26.7 Å². The van der Waals surface area contributed by atoms with Crippen molar-refractivity contribution in [3.05, 3.63) is 29.6 Å². The SMILES string of the molecule is CN1CCN(Cc2ccc(B3OC(C)(C)C(C)(C)O3)c(F)c2)CC1=O. The molecular formula is C18H26BFN2O3. The van der Waals surface area contributed by atoms with Crippen LogP contribution in [0.1, 0.15) is 33.3 Å². The minimum absolute atomic E-state index is 0.0977. The van der Waals surface area contributed by atoms with Gasteiger partial charge in [0.25, 0.3) is 0 Å². The van der Waals surface area contributed by atoms with Gasteiger partial charge in [0.1, 0.15) is 5.82 Å². The molecule has 25 heavy (non-hydrogen) atoms. The number of nitrogens with zero attached hydrogens (tertiary/aromatic N) is 2. The molecule has 0 spiro atoms. The molecule has 0 bridgehead atoms. The first-order valence-electron chi connectivity index (χ1n) is 8.69. The summed E-state index contributed by atoms with van der Waals surface area (Å²) in [7, 11) is 1.10. The number of likely N-dealkylation sites (N-methyl/N-ethyl adjacent to an activating group) is 1. The fraction of sp³-hybridized carbons (Fsp3) is 0.611. The molecule has 0 aromatic heterocycles. The number of rotatable bonds is 3. The monoisotopic (exact) mass is 348 g/mol. The van der Waals surface area contributed by atoms with Crippen LogP contribution in [-0.4, -0.2) is 60.7 Å². The third kappa shape index (κ3) is 3.59. The van der Waals surface area contributed by atoms with E-state index in [2.05, 4.69) is 0 Å². The number of carbonyl (C=O) groups excluding carboxylic acids is 1. The van der Waals surface area contributed by atoms with E-state index in [1.165, 1.54) is 6.07 Å². The molecule has 0 atom stereocenters. The van der Waals surface area contributed by atoms with E-state index in [0.29, 0.717) is 25.1 Å². The molecule has 2 aliphatic rings. The second-order valence-corrected chi connectivity index (χ2v) is 7.97. The Labute approximate surface area is 149 Å². The maximum Gasteiger partial charge on any atom is 0.497 e. The third-order valence-corrected chi connectivity index (χ3v) is 5.51. The van der Waals surface area contributed by atoms with Gasteiger partial charge in [-0.05, 0) is 39.3 Å². The fourth-order valence-corrected chi connectivity index (χ4v) is 3.03. The molecule has 0 unspecified atom stereocenters. The normalized spacial score (nSPS) is 23.4. The van der Waals surface area contributed by atoms with Crippen LogP contribution < -0.4 is 5.46 Å². The predicted molar refractivity (Wildman–Crippen MR) is 95.0 cm³/mol. The van der Waals surface area contributed by atoms with Crippen molar-refractivity contribution in [1.29, 1.82) is 0 Å². The molecule has 1 amide bonds. The van der Waals surface area contributed by atoms with E-state index in [9.17, 15) is 9.18 Å². The highest BCUT2D eigenvalue weighted by molar-refractivity contribution is 6.62. The second-order valence-electron chi connectivity index (χ2n) is 7.97. The summed E-state index contributed by atoms with van der Waals surface area (Å²) in [5.74, 6) is -0.239. The van der Waals surface area contributed by atoms with Crippen molar-refractivity contribution in [3.63, 3.8) is 0 Å². The van der Waals surface area contributed by atoms with Crippen LogP contribution in [0.15, 0.2) is 18.2 Å². The van der Waals surface area contributed by atoms with Gasteiger partial charge in [0, 0.05) is 32.1 Å². The Hall–Kier alpha value is -1.44. The van der Waals surface area contributed by atoms with Crippen molar-refractivity contribution in [2.24, 2.45) is 0 Å².